The molecule has 1 aliphatic rings. The number of carbonyl (C=O) groups is 2. The molecule has 2 N–H and O–H groups in total. The number of anilines is 1. The van der Waals surface area contributed by atoms with Gasteiger partial charge in [0.2, 0.25) is 5.91 Å². The van der Waals surface area contributed by atoms with Crippen LogP contribution in [0.15, 0.2) is 18.2 Å². The lowest BCUT2D eigenvalue weighted by atomic mass is 10.1. The summed E-state index contributed by atoms with van der Waals surface area (Å²) in [7, 11) is 1.37. The molecule has 1 heterocycles. The molecule has 0 saturated carbocycles. The summed E-state index contributed by atoms with van der Waals surface area (Å²) in [5.74, 6) is -0.379. The molecule has 1 aromatic carbocycles. The predicted molar refractivity (Wildman–Crippen MR) is 53.3 cm³/mol. The van der Waals surface area contributed by atoms with E-state index in [4.69, 9.17) is 0 Å². The molecule has 5 heteroatoms. The van der Waals surface area contributed by atoms with Crippen molar-refractivity contribution in [3.8, 4) is 0 Å². The van der Waals surface area contributed by atoms with Gasteiger partial charge in [-0.1, -0.05) is 6.07 Å². The first-order valence-electron chi connectivity index (χ1n) is 4.47. The van der Waals surface area contributed by atoms with Crippen molar-refractivity contribution in [1.29, 1.82) is 0 Å². The number of hydrogen-bond acceptors (Lipinski definition) is 3. The maximum Gasteiger partial charge on any atom is 0.274 e. The number of hydrogen-bond donors (Lipinski definition) is 2. The molecule has 0 saturated heterocycles. The van der Waals surface area contributed by atoms with Crippen LogP contribution in [0, 0.1) is 0 Å². The number of hydroxylamine groups is 1. The number of nitrogens with one attached hydrogen (secondary N) is 2. The van der Waals surface area contributed by atoms with Crippen molar-refractivity contribution >= 4 is 17.5 Å². The Morgan fingerprint density at radius 2 is 2.33 bits per heavy atom. The van der Waals surface area contributed by atoms with E-state index in [0.29, 0.717) is 17.7 Å². The summed E-state index contributed by atoms with van der Waals surface area (Å²) in [5, 5.41) is 2.67. The van der Waals surface area contributed by atoms with Crippen LogP contribution in [-0.2, 0) is 16.1 Å². The van der Waals surface area contributed by atoms with Crippen molar-refractivity contribution in [1.82, 2.24) is 5.48 Å². The van der Waals surface area contributed by atoms with Gasteiger partial charge in [-0.05, 0) is 17.7 Å². The van der Waals surface area contributed by atoms with Gasteiger partial charge in [0.05, 0.1) is 13.5 Å². The van der Waals surface area contributed by atoms with Crippen molar-refractivity contribution in [2.75, 3.05) is 12.4 Å². The lowest BCUT2D eigenvalue weighted by molar-refractivity contribution is -0.115. The Hall–Kier alpha value is -1.88. The lowest BCUT2D eigenvalue weighted by Gasteiger charge is -2.04. The molecule has 0 unspecified atom stereocenters. The van der Waals surface area contributed by atoms with E-state index in [1.807, 2.05) is 0 Å². The summed E-state index contributed by atoms with van der Waals surface area (Å²) >= 11 is 0. The summed E-state index contributed by atoms with van der Waals surface area (Å²) in [6.07, 6.45) is 0.376. The van der Waals surface area contributed by atoms with E-state index >= 15 is 0 Å². The monoisotopic (exact) mass is 206 g/mol. The first kappa shape index (κ1) is 9.67. The Bertz CT molecular complexity index is 429. The molecule has 0 radical (unpaired) electrons. The summed E-state index contributed by atoms with van der Waals surface area (Å²) in [5.41, 5.74) is 4.28. The van der Waals surface area contributed by atoms with Gasteiger partial charge >= 0.3 is 0 Å². The molecule has 1 aromatic rings. The van der Waals surface area contributed by atoms with Gasteiger partial charge in [-0.3, -0.25) is 14.4 Å². The van der Waals surface area contributed by atoms with Crippen molar-refractivity contribution in [3.05, 3.63) is 29.3 Å². The molecule has 0 bridgehead atoms. The number of fused-ring (bicyclic) bond motifs is 1. The second kappa shape index (κ2) is 3.70. The third-order valence-electron chi connectivity index (χ3n) is 2.19. The highest BCUT2D eigenvalue weighted by molar-refractivity contribution is 6.02. The zero-order valence-corrected chi connectivity index (χ0v) is 8.16. The number of benzene rings is 1. The third kappa shape index (κ3) is 1.82. The van der Waals surface area contributed by atoms with Gasteiger partial charge in [-0.15, -0.1) is 0 Å². The molecule has 0 aliphatic carbocycles. The topological polar surface area (TPSA) is 67.4 Å². The van der Waals surface area contributed by atoms with Gasteiger partial charge in [-0.2, -0.15) is 0 Å². The molecule has 0 spiro atoms. The molecular weight excluding hydrogens is 196 g/mol. The number of carbonyl (C=O) groups excluding carboxylic acids is 2. The summed E-state index contributed by atoms with van der Waals surface area (Å²) in [6, 6.07) is 5.06. The van der Waals surface area contributed by atoms with Gasteiger partial charge in [-0.25, -0.2) is 5.48 Å². The fourth-order valence-electron chi connectivity index (χ4n) is 1.51. The van der Waals surface area contributed by atoms with E-state index in [0.717, 1.165) is 5.56 Å². The quantitative estimate of drug-likeness (QED) is 0.691. The number of amides is 2. The van der Waals surface area contributed by atoms with Crippen LogP contribution in [0.3, 0.4) is 0 Å². The average Bonchev–Trinajstić information content (AvgIpc) is 2.57. The summed E-state index contributed by atoms with van der Waals surface area (Å²) < 4.78 is 0. The van der Waals surface area contributed by atoms with Gasteiger partial charge in [0.15, 0.2) is 0 Å². The second-order valence-corrected chi connectivity index (χ2v) is 3.23. The Balaban J connectivity index is 2.27. The smallest absolute Gasteiger partial charge is 0.274 e. The Kier molecular flexibility index (Phi) is 2.39. The van der Waals surface area contributed by atoms with E-state index in [2.05, 4.69) is 15.6 Å². The normalized spacial score (nSPS) is 13.3. The number of rotatable bonds is 2. The van der Waals surface area contributed by atoms with Crippen molar-refractivity contribution in [2.24, 2.45) is 0 Å². The molecular formula is C10H10N2O3. The van der Waals surface area contributed by atoms with Crippen LogP contribution in [0.4, 0.5) is 5.69 Å². The fourth-order valence-corrected chi connectivity index (χ4v) is 1.51. The highest BCUT2D eigenvalue weighted by Gasteiger charge is 2.18. The van der Waals surface area contributed by atoms with Crippen LogP contribution >= 0.6 is 0 Å². The van der Waals surface area contributed by atoms with E-state index in [-0.39, 0.29) is 11.8 Å². The molecule has 2 rings (SSSR count). The van der Waals surface area contributed by atoms with E-state index in [9.17, 15) is 9.59 Å². The fraction of sp³-hybridized carbons (Fsp3) is 0.200. The first-order chi connectivity index (χ1) is 7.20. The van der Waals surface area contributed by atoms with Crippen LogP contribution < -0.4 is 10.8 Å². The molecule has 0 atom stereocenters. The maximum atomic E-state index is 11.4. The largest absolute Gasteiger partial charge is 0.326 e. The van der Waals surface area contributed by atoms with Crippen molar-refractivity contribution in [2.45, 2.75) is 6.42 Å². The minimum Gasteiger partial charge on any atom is -0.326 e. The zero-order chi connectivity index (χ0) is 10.8. The Labute approximate surface area is 86.4 Å². The highest BCUT2D eigenvalue weighted by Crippen LogP contribution is 2.23. The SMILES string of the molecule is CONC(=O)c1ccc2c(c1)NC(=O)C2. The van der Waals surface area contributed by atoms with Crippen LogP contribution in [0.2, 0.25) is 0 Å². The van der Waals surface area contributed by atoms with Gasteiger partial charge in [0, 0.05) is 11.3 Å². The van der Waals surface area contributed by atoms with Gasteiger partial charge in [0.25, 0.3) is 5.91 Å². The third-order valence-corrected chi connectivity index (χ3v) is 2.19. The molecule has 5 nitrogen and oxygen atoms in total. The molecule has 0 fully saturated rings. The summed E-state index contributed by atoms with van der Waals surface area (Å²) in [6.45, 7) is 0. The van der Waals surface area contributed by atoms with E-state index in [1.54, 1.807) is 18.2 Å². The zero-order valence-electron chi connectivity index (χ0n) is 8.16. The van der Waals surface area contributed by atoms with Crippen LogP contribution in [0.1, 0.15) is 15.9 Å². The van der Waals surface area contributed by atoms with Crippen molar-refractivity contribution in [3.63, 3.8) is 0 Å². The molecule has 1 aliphatic heterocycles. The Morgan fingerprint density at radius 3 is 3.07 bits per heavy atom. The first-order valence-corrected chi connectivity index (χ1v) is 4.47. The lowest BCUT2D eigenvalue weighted by Crippen LogP contribution is -2.21. The standard InChI is InChI=1S/C10H10N2O3/c1-15-12-10(14)7-3-2-6-5-9(13)11-8(6)4-7/h2-4H,5H2,1H3,(H,11,13)(H,12,14). The second-order valence-electron chi connectivity index (χ2n) is 3.23. The minimum absolute atomic E-state index is 0.0469. The summed E-state index contributed by atoms with van der Waals surface area (Å²) in [4.78, 5) is 27.0. The van der Waals surface area contributed by atoms with Crippen LogP contribution in [0.5, 0.6) is 0 Å². The van der Waals surface area contributed by atoms with Crippen molar-refractivity contribution < 1.29 is 14.4 Å². The highest BCUT2D eigenvalue weighted by atomic mass is 16.6. The van der Waals surface area contributed by atoms with Crippen LogP contribution in [-0.4, -0.2) is 18.9 Å². The molecule has 2 amide bonds. The molecule has 15 heavy (non-hydrogen) atoms. The Morgan fingerprint density at radius 1 is 1.53 bits per heavy atom. The van der Waals surface area contributed by atoms with E-state index in [1.165, 1.54) is 7.11 Å². The van der Waals surface area contributed by atoms with Gasteiger partial charge in [0.1, 0.15) is 0 Å². The van der Waals surface area contributed by atoms with Gasteiger partial charge < -0.3 is 5.32 Å². The minimum atomic E-state index is -0.332. The predicted octanol–water partition coefficient (Wildman–Crippen LogP) is 0.472. The maximum absolute atomic E-state index is 11.4. The molecule has 0 aromatic heterocycles. The van der Waals surface area contributed by atoms with E-state index < -0.39 is 0 Å². The molecule has 78 valence electrons. The van der Waals surface area contributed by atoms with Crippen LogP contribution in [0.25, 0.3) is 0 Å². The average molecular weight is 206 g/mol.